The first-order valence-corrected chi connectivity index (χ1v) is 7.06. The van der Waals surface area contributed by atoms with Gasteiger partial charge in [-0.2, -0.15) is 0 Å². The second-order valence-electron chi connectivity index (χ2n) is 7.20. The standard InChI is InChI=1S/C17H29NO/c1-16(2,3)14-8-9-15(19-7)13(12-14)10-11-18-17(4,5)6/h8-9,12,18H,10-11H2,1-7H3. The van der Waals surface area contributed by atoms with Crippen molar-refractivity contribution in [3.63, 3.8) is 0 Å². The number of benzene rings is 1. The lowest BCUT2D eigenvalue weighted by Crippen LogP contribution is -2.37. The fourth-order valence-corrected chi connectivity index (χ4v) is 2.01. The molecule has 0 fully saturated rings. The Balaban J connectivity index is 2.85. The number of hydrogen-bond donors (Lipinski definition) is 1. The average molecular weight is 263 g/mol. The first-order chi connectivity index (χ1) is 8.63. The molecule has 0 amide bonds. The van der Waals surface area contributed by atoms with Crippen LogP contribution in [0.2, 0.25) is 0 Å². The van der Waals surface area contributed by atoms with Gasteiger partial charge >= 0.3 is 0 Å². The van der Waals surface area contributed by atoms with Crippen LogP contribution in [0.15, 0.2) is 18.2 Å². The molecule has 2 nitrogen and oxygen atoms in total. The van der Waals surface area contributed by atoms with Gasteiger partial charge in [-0.25, -0.2) is 0 Å². The predicted molar refractivity (Wildman–Crippen MR) is 83.2 cm³/mol. The highest BCUT2D eigenvalue weighted by atomic mass is 16.5. The van der Waals surface area contributed by atoms with Gasteiger partial charge in [0.15, 0.2) is 0 Å². The lowest BCUT2D eigenvalue weighted by Gasteiger charge is -2.23. The second kappa shape index (κ2) is 5.96. The summed E-state index contributed by atoms with van der Waals surface area (Å²) in [6.45, 7) is 14.3. The van der Waals surface area contributed by atoms with Crippen LogP contribution in [0.3, 0.4) is 0 Å². The Morgan fingerprint density at radius 3 is 2.16 bits per heavy atom. The molecule has 0 saturated heterocycles. The van der Waals surface area contributed by atoms with E-state index in [1.54, 1.807) is 7.11 Å². The van der Waals surface area contributed by atoms with Crippen molar-refractivity contribution in [2.24, 2.45) is 0 Å². The molecule has 0 aliphatic carbocycles. The monoisotopic (exact) mass is 263 g/mol. The molecule has 0 aliphatic rings. The Labute approximate surface area is 118 Å². The SMILES string of the molecule is COc1ccc(C(C)(C)C)cc1CCNC(C)(C)C. The molecular formula is C17H29NO. The van der Waals surface area contributed by atoms with Crippen molar-refractivity contribution < 1.29 is 4.74 Å². The minimum absolute atomic E-state index is 0.162. The molecule has 0 atom stereocenters. The van der Waals surface area contributed by atoms with Gasteiger partial charge in [0.2, 0.25) is 0 Å². The van der Waals surface area contributed by atoms with Crippen molar-refractivity contribution in [3.05, 3.63) is 29.3 Å². The van der Waals surface area contributed by atoms with Crippen LogP contribution in [0.25, 0.3) is 0 Å². The topological polar surface area (TPSA) is 21.3 Å². The fourth-order valence-electron chi connectivity index (χ4n) is 2.01. The van der Waals surface area contributed by atoms with Crippen LogP contribution in [0, 0.1) is 0 Å². The molecule has 19 heavy (non-hydrogen) atoms. The normalized spacial score (nSPS) is 12.6. The van der Waals surface area contributed by atoms with Crippen LogP contribution in [0.5, 0.6) is 5.75 Å². The molecule has 0 heterocycles. The van der Waals surface area contributed by atoms with Crippen LogP contribution in [0.4, 0.5) is 0 Å². The van der Waals surface area contributed by atoms with Crippen molar-refractivity contribution in [2.45, 2.75) is 58.9 Å². The Bertz CT molecular complexity index is 410. The van der Waals surface area contributed by atoms with E-state index in [0.717, 1.165) is 18.7 Å². The van der Waals surface area contributed by atoms with E-state index < -0.39 is 0 Å². The molecule has 108 valence electrons. The summed E-state index contributed by atoms with van der Waals surface area (Å²) in [5.41, 5.74) is 2.98. The Morgan fingerprint density at radius 2 is 1.68 bits per heavy atom. The van der Waals surface area contributed by atoms with E-state index in [9.17, 15) is 0 Å². The van der Waals surface area contributed by atoms with Crippen molar-refractivity contribution >= 4 is 0 Å². The molecule has 0 radical (unpaired) electrons. The first kappa shape index (κ1) is 16.0. The van der Waals surface area contributed by atoms with Gasteiger partial charge in [0.25, 0.3) is 0 Å². The van der Waals surface area contributed by atoms with Gasteiger partial charge in [-0.1, -0.05) is 32.9 Å². The van der Waals surface area contributed by atoms with Crippen LogP contribution in [-0.2, 0) is 11.8 Å². The molecule has 2 heteroatoms. The molecule has 0 bridgehead atoms. The predicted octanol–water partition coefficient (Wildman–Crippen LogP) is 3.92. The molecule has 0 unspecified atom stereocenters. The van der Waals surface area contributed by atoms with Crippen LogP contribution >= 0.6 is 0 Å². The number of methoxy groups -OCH3 is 1. The van der Waals surface area contributed by atoms with Gasteiger partial charge in [0.05, 0.1) is 7.11 Å². The third-order valence-electron chi connectivity index (χ3n) is 3.20. The molecule has 1 rings (SSSR count). The lowest BCUT2D eigenvalue weighted by atomic mass is 9.85. The third-order valence-corrected chi connectivity index (χ3v) is 3.20. The smallest absolute Gasteiger partial charge is 0.122 e. The summed E-state index contributed by atoms with van der Waals surface area (Å²) >= 11 is 0. The Hall–Kier alpha value is -1.02. The zero-order chi connectivity index (χ0) is 14.7. The number of rotatable bonds is 4. The summed E-state index contributed by atoms with van der Waals surface area (Å²) in [6, 6.07) is 6.54. The fraction of sp³-hybridized carbons (Fsp3) is 0.647. The number of nitrogens with one attached hydrogen (secondary N) is 1. The Morgan fingerprint density at radius 1 is 1.05 bits per heavy atom. The molecule has 0 saturated carbocycles. The quantitative estimate of drug-likeness (QED) is 0.889. The van der Waals surface area contributed by atoms with E-state index >= 15 is 0 Å². The van der Waals surface area contributed by atoms with Crippen molar-refractivity contribution in [2.75, 3.05) is 13.7 Å². The van der Waals surface area contributed by atoms with E-state index in [0.29, 0.717) is 0 Å². The summed E-state index contributed by atoms with van der Waals surface area (Å²) in [5, 5.41) is 3.52. The van der Waals surface area contributed by atoms with Crippen molar-refractivity contribution in [1.82, 2.24) is 5.32 Å². The zero-order valence-corrected chi connectivity index (χ0v) is 13.6. The van der Waals surface area contributed by atoms with Crippen LogP contribution in [-0.4, -0.2) is 19.2 Å². The minimum atomic E-state index is 0.162. The van der Waals surface area contributed by atoms with Crippen LogP contribution < -0.4 is 10.1 Å². The molecule has 1 aromatic carbocycles. The van der Waals surface area contributed by atoms with E-state index in [-0.39, 0.29) is 11.0 Å². The maximum absolute atomic E-state index is 5.47. The van der Waals surface area contributed by atoms with E-state index in [1.165, 1.54) is 11.1 Å². The summed E-state index contributed by atoms with van der Waals surface area (Å²) in [4.78, 5) is 0. The largest absolute Gasteiger partial charge is 0.496 e. The molecule has 1 aromatic rings. The average Bonchev–Trinajstić information content (AvgIpc) is 2.26. The van der Waals surface area contributed by atoms with Crippen molar-refractivity contribution in [1.29, 1.82) is 0 Å². The van der Waals surface area contributed by atoms with E-state index in [2.05, 4.69) is 65.1 Å². The van der Waals surface area contributed by atoms with Gasteiger partial charge in [0, 0.05) is 5.54 Å². The highest BCUT2D eigenvalue weighted by Crippen LogP contribution is 2.28. The first-order valence-electron chi connectivity index (χ1n) is 7.06. The summed E-state index contributed by atoms with van der Waals surface area (Å²) in [5.74, 6) is 0.990. The van der Waals surface area contributed by atoms with Crippen LogP contribution in [0.1, 0.15) is 52.7 Å². The van der Waals surface area contributed by atoms with Gasteiger partial charge < -0.3 is 10.1 Å². The number of hydrogen-bond acceptors (Lipinski definition) is 2. The Kier molecular flexibility index (Phi) is 5.03. The van der Waals surface area contributed by atoms with E-state index in [4.69, 9.17) is 4.74 Å². The van der Waals surface area contributed by atoms with Crippen molar-refractivity contribution in [3.8, 4) is 5.75 Å². The van der Waals surface area contributed by atoms with Gasteiger partial charge in [-0.15, -0.1) is 0 Å². The third kappa shape index (κ3) is 5.23. The van der Waals surface area contributed by atoms with Gasteiger partial charge in [-0.3, -0.25) is 0 Å². The highest BCUT2D eigenvalue weighted by Gasteiger charge is 2.16. The maximum atomic E-state index is 5.47. The summed E-state index contributed by atoms with van der Waals surface area (Å²) in [7, 11) is 1.74. The molecule has 0 aromatic heterocycles. The van der Waals surface area contributed by atoms with E-state index in [1.807, 2.05) is 0 Å². The second-order valence-corrected chi connectivity index (χ2v) is 7.20. The summed E-state index contributed by atoms with van der Waals surface area (Å²) in [6.07, 6.45) is 0.990. The lowest BCUT2D eigenvalue weighted by molar-refractivity contribution is 0.401. The molecule has 0 aliphatic heterocycles. The van der Waals surface area contributed by atoms with Gasteiger partial charge in [-0.05, 0) is 56.3 Å². The number of ether oxygens (including phenoxy) is 1. The minimum Gasteiger partial charge on any atom is -0.496 e. The molecular weight excluding hydrogens is 234 g/mol. The maximum Gasteiger partial charge on any atom is 0.122 e. The zero-order valence-electron chi connectivity index (χ0n) is 13.6. The highest BCUT2D eigenvalue weighted by molar-refractivity contribution is 5.39. The molecule has 1 N–H and O–H groups in total. The van der Waals surface area contributed by atoms with Gasteiger partial charge in [0.1, 0.15) is 5.75 Å². The summed E-state index contributed by atoms with van der Waals surface area (Å²) < 4.78 is 5.47. The molecule has 0 spiro atoms.